The maximum absolute atomic E-state index is 7.92. The van der Waals surface area contributed by atoms with E-state index in [9.17, 15) is 0 Å². The van der Waals surface area contributed by atoms with Crippen LogP contribution in [0.4, 0.5) is 0 Å². The predicted octanol–water partition coefficient (Wildman–Crippen LogP) is 10.6. The van der Waals surface area contributed by atoms with Crippen molar-refractivity contribution in [2.45, 2.75) is 151 Å². The zero-order chi connectivity index (χ0) is 20.1. The first-order valence-electron chi connectivity index (χ1n) is 12.8. The third-order valence-corrected chi connectivity index (χ3v) is 31.2. The summed E-state index contributed by atoms with van der Waals surface area (Å²) >= 11 is 0. The minimum absolute atomic E-state index is 0.176. The zero-order valence-corrected chi connectivity index (χ0v) is 22.7. The van der Waals surface area contributed by atoms with E-state index in [4.69, 9.17) is 20.4 Å². The van der Waals surface area contributed by atoms with Gasteiger partial charge in [-0.1, -0.05) is 0 Å². The van der Waals surface area contributed by atoms with Crippen LogP contribution in [0.1, 0.15) is 128 Å². The molecule has 0 N–H and O–H groups in total. The molecule has 0 saturated heterocycles. The third kappa shape index (κ3) is 6.09. The van der Waals surface area contributed by atoms with Crippen LogP contribution in [0.15, 0.2) is 0 Å². The first-order chi connectivity index (χ1) is 14.2. The molecule has 0 heterocycles. The zero-order valence-electron chi connectivity index (χ0n) is 18.4. The molecule has 0 aliphatic heterocycles. The molecule has 0 aromatic heterocycles. The van der Waals surface area contributed by atoms with Crippen molar-refractivity contribution in [2.75, 3.05) is 0 Å². The van der Waals surface area contributed by atoms with Crippen LogP contribution in [0.25, 0.3) is 0 Å². The summed E-state index contributed by atoms with van der Waals surface area (Å²) in [6.07, 6.45) is 29.1. The van der Waals surface area contributed by atoms with Gasteiger partial charge in [-0.3, -0.25) is 0 Å². The molecule has 4 aliphatic carbocycles. The van der Waals surface area contributed by atoms with Crippen LogP contribution in [0.5, 0.6) is 0 Å². The van der Waals surface area contributed by atoms with Crippen LogP contribution in [-0.4, -0.2) is 22.6 Å². The molecule has 0 aromatic rings. The summed E-state index contributed by atoms with van der Waals surface area (Å²) in [4.78, 5) is 0. The Morgan fingerprint density at radius 3 is 0.793 bits per heavy atom. The van der Waals surface area contributed by atoms with E-state index in [1.165, 1.54) is 128 Å². The van der Waals surface area contributed by atoms with E-state index in [0.29, 0.717) is 0 Å². The van der Waals surface area contributed by atoms with Crippen molar-refractivity contribution in [3.05, 3.63) is 0 Å². The molecular formula is C24H44Cl2NiP2. The number of halogens is 2. The van der Waals surface area contributed by atoms with E-state index in [1.807, 2.05) is 0 Å². The van der Waals surface area contributed by atoms with Gasteiger partial charge in [-0.2, -0.15) is 0 Å². The van der Waals surface area contributed by atoms with E-state index in [0.717, 1.165) is 22.6 Å². The van der Waals surface area contributed by atoms with Crippen molar-refractivity contribution in [1.82, 2.24) is 0 Å². The van der Waals surface area contributed by atoms with Crippen molar-refractivity contribution in [3.8, 4) is 0 Å². The van der Waals surface area contributed by atoms with E-state index >= 15 is 0 Å². The fourth-order valence-corrected chi connectivity index (χ4v) is 37.2. The Morgan fingerprint density at radius 2 is 0.586 bits per heavy atom. The minimum atomic E-state index is -1.63. The van der Waals surface area contributed by atoms with Gasteiger partial charge < -0.3 is 0 Å². The molecule has 4 fully saturated rings. The summed E-state index contributed by atoms with van der Waals surface area (Å²) in [5.41, 5.74) is 3.64. The Kier molecular flexibility index (Phi) is 9.86. The molecule has 5 heteroatoms. The quantitative estimate of drug-likeness (QED) is 0.240. The topological polar surface area (TPSA) is 0 Å². The predicted molar refractivity (Wildman–Crippen MR) is 133 cm³/mol. The molecular weight excluding hydrogens is 480 g/mol. The molecule has 0 spiro atoms. The molecule has 29 heavy (non-hydrogen) atoms. The van der Waals surface area contributed by atoms with Gasteiger partial charge in [-0.15, -0.1) is 0 Å². The second kappa shape index (κ2) is 11.9. The second-order valence-corrected chi connectivity index (χ2v) is 29.0. The van der Waals surface area contributed by atoms with Gasteiger partial charge in [0.2, 0.25) is 0 Å². The van der Waals surface area contributed by atoms with Crippen LogP contribution >= 0.6 is 33.8 Å². The van der Waals surface area contributed by atoms with Gasteiger partial charge in [0, 0.05) is 0 Å². The summed E-state index contributed by atoms with van der Waals surface area (Å²) in [6, 6.07) is 0. The second-order valence-electron chi connectivity index (χ2n) is 10.1. The Morgan fingerprint density at radius 1 is 0.379 bits per heavy atom. The fourth-order valence-electron chi connectivity index (χ4n) is 6.48. The number of hydrogen-bond acceptors (Lipinski definition) is 0. The summed E-state index contributed by atoms with van der Waals surface area (Å²) in [7, 11) is 14.2. The monoisotopic (exact) mass is 522 g/mol. The van der Waals surface area contributed by atoms with Gasteiger partial charge in [0.25, 0.3) is 0 Å². The molecule has 0 aromatic carbocycles. The molecule has 0 unspecified atom stereocenters. The van der Waals surface area contributed by atoms with Gasteiger partial charge >= 0.3 is 195 Å². The Bertz CT molecular complexity index is 401. The van der Waals surface area contributed by atoms with Crippen LogP contribution < -0.4 is 0 Å². The van der Waals surface area contributed by atoms with Gasteiger partial charge in [0.05, 0.1) is 0 Å². The Balaban J connectivity index is 1.63. The van der Waals surface area contributed by atoms with E-state index in [2.05, 4.69) is 0 Å². The fraction of sp³-hybridized carbons (Fsp3) is 1.00. The normalized spacial score (nSPS) is 28.3. The summed E-state index contributed by atoms with van der Waals surface area (Å²) in [6.45, 7) is -0.352. The summed E-state index contributed by atoms with van der Waals surface area (Å²) < 4.78 is 0. The SMILES string of the molecule is [Cl][Ni]([Cl])([P](C1CCCCC1)C1CCCCC1)[P](C1CCCCC1)C1CCCCC1. The van der Waals surface area contributed by atoms with E-state index in [-0.39, 0.29) is 13.4 Å². The molecule has 0 bridgehead atoms. The molecule has 0 amide bonds. The Labute approximate surface area is 193 Å². The molecule has 0 radical (unpaired) electrons. The number of rotatable bonds is 6. The summed E-state index contributed by atoms with van der Waals surface area (Å²) in [5, 5.41) is 0. The van der Waals surface area contributed by atoms with Crippen molar-refractivity contribution in [3.63, 3.8) is 0 Å². The Hall–Kier alpha value is 1.93. The van der Waals surface area contributed by atoms with Gasteiger partial charge in [0.1, 0.15) is 0 Å². The summed E-state index contributed by atoms with van der Waals surface area (Å²) in [5.74, 6) is 0. The van der Waals surface area contributed by atoms with Crippen molar-refractivity contribution >= 4 is 33.8 Å². The van der Waals surface area contributed by atoms with Crippen LogP contribution in [0.2, 0.25) is 0 Å². The third-order valence-electron chi connectivity index (χ3n) is 8.00. The molecule has 4 saturated carbocycles. The standard InChI is InChI=1S/2C12H22P.2ClH.Ni/c2*1-3-7-11(8-4-1)13-12-9-5-2-6-10-12;;;/h2*11-12H,1-10H2;2*1H;/q2*-1;;;+4/p-2. The van der Waals surface area contributed by atoms with Gasteiger partial charge in [-0.05, 0) is 0 Å². The van der Waals surface area contributed by atoms with Crippen LogP contribution in [0, 0.1) is 0 Å². The van der Waals surface area contributed by atoms with Crippen molar-refractivity contribution in [1.29, 1.82) is 0 Å². The van der Waals surface area contributed by atoms with Crippen molar-refractivity contribution < 1.29 is 9.74 Å². The number of hydrogen-bond donors (Lipinski definition) is 0. The van der Waals surface area contributed by atoms with Gasteiger partial charge in [-0.25, -0.2) is 0 Å². The van der Waals surface area contributed by atoms with E-state index in [1.54, 1.807) is 0 Å². The van der Waals surface area contributed by atoms with Crippen LogP contribution in [0.3, 0.4) is 0 Å². The molecule has 4 rings (SSSR count). The van der Waals surface area contributed by atoms with Crippen LogP contribution in [-0.2, 0) is 9.74 Å². The first-order valence-corrected chi connectivity index (χ1v) is 20.8. The molecule has 0 nitrogen and oxygen atoms in total. The molecule has 4 aliphatic rings. The van der Waals surface area contributed by atoms with Crippen molar-refractivity contribution in [2.24, 2.45) is 0 Å². The maximum atomic E-state index is 7.92. The molecule has 0 atom stereocenters. The molecule has 174 valence electrons. The average Bonchev–Trinajstić information content (AvgIpc) is 2.77. The average molecular weight is 524 g/mol. The first kappa shape index (κ1) is 24.1. The van der Waals surface area contributed by atoms with E-state index < -0.39 is 9.74 Å². The van der Waals surface area contributed by atoms with Gasteiger partial charge in [0.15, 0.2) is 0 Å².